The first-order valence-corrected chi connectivity index (χ1v) is 8.13. The lowest BCUT2D eigenvalue weighted by molar-refractivity contribution is 0.0497. The van der Waals surface area contributed by atoms with Crippen LogP contribution in [0.2, 0.25) is 0 Å². The summed E-state index contributed by atoms with van der Waals surface area (Å²) in [6.07, 6.45) is 5.02. The molecule has 0 radical (unpaired) electrons. The average molecular weight is 404 g/mol. The van der Waals surface area contributed by atoms with E-state index < -0.39 is 5.60 Å². The molecule has 1 aliphatic rings. The Hall–Kier alpha value is -1.12. The van der Waals surface area contributed by atoms with E-state index in [9.17, 15) is 4.79 Å². The molecule has 2 heterocycles. The number of anilines is 1. The number of nitrogens with zero attached hydrogens (tertiary/aromatic N) is 3. The molecule has 0 spiro atoms. The molecule has 0 saturated carbocycles. The van der Waals surface area contributed by atoms with E-state index in [1.807, 2.05) is 33.2 Å². The van der Waals surface area contributed by atoms with E-state index in [0.717, 1.165) is 35.4 Å². The van der Waals surface area contributed by atoms with E-state index in [1.54, 1.807) is 0 Å². The number of carbonyl (C=O) groups excluding carboxylic acids is 1. The van der Waals surface area contributed by atoms with Crippen LogP contribution in [-0.4, -0.2) is 40.8 Å². The van der Waals surface area contributed by atoms with Crippen LogP contribution < -0.4 is 10.2 Å². The molecule has 0 bridgehead atoms. The SMILES string of the molecule is CC(C)(C)OC(=O)NC1CCN(c2ncc(I)cn2)CC1. The second-order valence-corrected chi connectivity index (χ2v) is 7.35. The molecule has 1 aliphatic heterocycles. The van der Waals surface area contributed by atoms with E-state index in [1.165, 1.54) is 0 Å². The maximum Gasteiger partial charge on any atom is 0.407 e. The van der Waals surface area contributed by atoms with Gasteiger partial charge in [-0.25, -0.2) is 14.8 Å². The van der Waals surface area contributed by atoms with Gasteiger partial charge in [-0.15, -0.1) is 0 Å². The smallest absolute Gasteiger partial charge is 0.407 e. The van der Waals surface area contributed by atoms with Gasteiger partial charge in [-0.2, -0.15) is 0 Å². The van der Waals surface area contributed by atoms with Gasteiger partial charge in [0.1, 0.15) is 5.60 Å². The normalized spacial score (nSPS) is 16.7. The minimum absolute atomic E-state index is 0.153. The third kappa shape index (κ3) is 5.29. The van der Waals surface area contributed by atoms with Crippen LogP contribution in [0.15, 0.2) is 12.4 Å². The summed E-state index contributed by atoms with van der Waals surface area (Å²) in [4.78, 5) is 22.5. The number of rotatable bonds is 2. The first-order valence-electron chi connectivity index (χ1n) is 7.05. The van der Waals surface area contributed by atoms with Gasteiger partial charge >= 0.3 is 6.09 Å². The fraction of sp³-hybridized carbons (Fsp3) is 0.643. The molecule has 0 aliphatic carbocycles. The highest BCUT2D eigenvalue weighted by atomic mass is 127. The molecular weight excluding hydrogens is 383 g/mol. The van der Waals surface area contributed by atoms with Crippen LogP contribution in [0.5, 0.6) is 0 Å². The predicted octanol–water partition coefficient (Wildman–Crippen LogP) is 2.57. The first-order chi connectivity index (χ1) is 9.83. The van der Waals surface area contributed by atoms with Crippen molar-refractivity contribution in [2.75, 3.05) is 18.0 Å². The minimum atomic E-state index is -0.459. The van der Waals surface area contributed by atoms with Gasteiger partial charge in [-0.3, -0.25) is 0 Å². The number of halogens is 1. The van der Waals surface area contributed by atoms with E-state index >= 15 is 0 Å². The number of hydrogen-bond acceptors (Lipinski definition) is 5. The second-order valence-electron chi connectivity index (χ2n) is 6.11. The largest absolute Gasteiger partial charge is 0.444 e. The summed E-state index contributed by atoms with van der Waals surface area (Å²) in [6.45, 7) is 7.26. The monoisotopic (exact) mass is 404 g/mol. The summed E-state index contributed by atoms with van der Waals surface area (Å²) in [7, 11) is 0. The Kier molecular flexibility index (Phi) is 5.23. The van der Waals surface area contributed by atoms with Crippen molar-refractivity contribution in [2.45, 2.75) is 45.3 Å². The molecule has 1 amide bonds. The van der Waals surface area contributed by atoms with Crippen LogP contribution in [0.3, 0.4) is 0 Å². The summed E-state index contributed by atoms with van der Waals surface area (Å²) in [5.74, 6) is 0.756. The second kappa shape index (κ2) is 6.76. The Morgan fingerprint density at radius 2 is 1.90 bits per heavy atom. The quantitative estimate of drug-likeness (QED) is 0.768. The van der Waals surface area contributed by atoms with Gasteiger partial charge < -0.3 is 15.0 Å². The van der Waals surface area contributed by atoms with E-state index in [0.29, 0.717) is 0 Å². The van der Waals surface area contributed by atoms with Crippen LogP contribution in [-0.2, 0) is 4.74 Å². The molecule has 0 atom stereocenters. The number of piperidine rings is 1. The zero-order valence-electron chi connectivity index (χ0n) is 12.6. The number of aromatic nitrogens is 2. The Bertz CT molecular complexity index is 479. The number of ether oxygens (including phenoxy) is 1. The van der Waals surface area contributed by atoms with Crippen molar-refractivity contribution >= 4 is 34.6 Å². The summed E-state index contributed by atoms with van der Waals surface area (Å²) < 4.78 is 6.30. The molecule has 7 heteroatoms. The van der Waals surface area contributed by atoms with Gasteiger partial charge in [0.2, 0.25) is 5.95 Å². The molecule has 6 nitrogen and oxygen atoms in total. The van der Waals surface area contributed by atoms with Crippen molar-refractivity contribution in [1.82, 2.24) is 15.3 Å². The summed E-state index contributed by atoms with van der Waals surface area (Å²) in [5, 5.41) is 2.93. The zero-order valence-corrected chi connectivity index (χ0v) is 14.8. The maximum absolute atomic E-state index is 11.7. The van der Waals surface area contributed by atoms with Crippen molar-refractivity contribution in [3.05, 3.63) is 16.0 Å². The van der Waals surface area contributed by atoms with Crippen molar-refractivity contribution in [3.8, 4) is 0 Å². The number of carbonyl (C=O) groups is 1. The van der Waals surface area contributed by atoms with Gasteiger partial charge in [0.15, 0.2) is 0 Å². The predicted molar refractivity (Wildman–Crippen MR) is 89.4 cm³/mol. The highest BCUT2D eigenvalue weighted by molar-refractivity contribution is 14.1. The Morgan fingerprint density at radius 1 is 1.33 bits per heavy atom. The average Bonchev–Trinajstić information content (AvgIpc) is 2.38. The summed E-state index contributed by atoms with van der Waals surface area (Å²) in [6, 6.07) is 0.153. The minimum Gasteiger partial charge on any atom is -0.444 e. The third-order valence-corrected chi connectivity index (χ3v) is 3.66. The molecule has 0 aromatic carbocycles. The standard InChI is InChI=1S/C14H21IN4O2/c1-14(2,3)21-13(20)18-11-4-6-19(7-5-11)12-16-8-10(15)9-17-12/h8-9,11H,4-7H2,1-3H3,(H,18,20). The molecule has 1 saturated heterocycles. The van der Waals surface area contributed by atoms with Crippen molar-refractivity contribution in [1.29, 1.82) is 0 Å². The van der Waals surface area contributed by atoms with Crippen molar-refractivity contribution < 1.29 is 9.53 Å². The Morgan fingerprint density at radius 3 is 2.43 bits per heavy atom. The van der Waals surface area contributed by atoms with Crippen LogP contribution in [0.1, 0.15) is 33.6 Å². The Labute approximate surface area is 138 Å². The number of amides is 1. The van der Waals surface area contributed by atoms with Crippen LogP contribution in [0.25, 0.3) is 0 Å². The number of alkyl carbamates (subject to hydrolysis) is 1. The lowest BCUT2D eigenvalue weighted by atomic mass is 10.1. The van der Waals surface area contributed by atoms with Gasteiger partial charge in [-0.1, -0.05) is 0 Å². The highest BCUT2D eigenvalue weighted by Gasteiger charge is 2.24. The third-order valence-electron chi connectivity index (χ3n) is 3.11. The fourth-order valence-corrected chi connectivity index (χ4v) is 2.45. The fourth-order valence-electron chi connectivity index (χ4n) is 2.17. The van der Waals surface area contributed by atoms with Gasteiger partial charge in [-0.05, 0) is 56.2 Å². The topological polar surface area (TPSA) is 67.3 Å². The van der Waals surface area contributed by atoms with E-state index in [2.05, 4.69) is 42.8 Å². The maximum atomic E-state index is 11.7. The molecule has 1 aromatic heterocycles. The summed E-state index contributed by atoms with van der Waals surface area (Å²) >= 11 is 2.19. The lowest BCUT2D eigenvalue weighted by Crippen LogP contribution is -2.46. The van der Waals surface area contributed by atoms with Crippen molar-refractivity contribution in [2.24, 2.45) is 0 Å². The van der Waals surface area contributed by atoms with Crippen molar-refractivity contribution in [3.63, 3.8) is 0 Å². The molecular formula is C14H21IN4O2. The molecule has 1 fully saturated rings. The highest BCUT2D eigenvalue weighted by Crippen LogP contribution is 2.17. The van der Waals surface area contributed by atoms with Crippen LogP contribution in [0.4, 0.5) is 10.7 Å². The van der Waals surface area contributed by atoms with E-state index in [-0.39, 0.29) is 12.1 Å². The zero-order chi connectivity index (χ0) is 15.5. The van der Waals surface area contributed by atoms with Gasteiger partial charge in [0, 0.05) is 35.1 Å². The number of hydrogen-bond donors (Lipinski definition) is 1. The molecule has 116 valence electrons. The molecule has 2 rings (SSSR count). The first kappa shape index (κ1) is 16.3. The lowest BCUT2D eigenvalue weighted by Gasteiger charge is -2.32. The Balaban J connectivity index is 1.80. The molecule has 0 unspecified atom stereocenters. The van der Waals surface area contributed by atoms with Gasteiger partial charge in [0.25, 0.3) is 0 Å². The van der Waals surface area contributed by atoms with Crippen LogP contribution >= 0.6 is 22.6 Å². The number of nitrogens with one attached hydrogen (secondary N) is 1. The van der Waals surface area contributed by atoms with E-state index in [4.69, 9.17) is 4.74 Å². The summed E-state index contributed by atoms with van der Waals surface area (Å²) in [5.41, 5.74) is -0.459. The molecule has 21 heavy (non-hydrogen) atoms. The molecule has 1 N–H and O–H groups in total. The molecule has 1 aromatic rings. The van der Waals surface area contributed by atoms with Crippen LogP contribution in [0, 0.1) is 3.57 Å². The van der Waals surface area contributed by atoms with Gasteiger partial charge in [0.05, 0.1) is 0 Å².